The van der Waals surface area contributed by atoms with E-state index in [0.717, 1.165) is 24.8 Å². The van der Waals surface area contributed by atoms with Gasteiger partial charge in [0, 0.05) is 18.8 Å². The summed E-state index contributed by atoms with van der Waals surface area (Å²) in [6.07, 6.45) is 5.28. The first-order chi connectivity index (χ1) is 13.0. The fraction of sp³-hybridized carbons (Fsp3) is 0.773. The van der Waals surface area contributed by atoms with Gasteiger partial charge < -0.3 is 14.9 Å². The third-order valence-electron chi connectivity index (χ3n) is 8.68. The van der Waals surface area contributed by atoms with Crippen LogP contribution in [0, 0.1) is 28.6 Å². The quantitative estimate of drug-likeness (QED) is 0.703. The van der Waals surface area contributed by atoms with Gasteiger partial charge in [-0.25, -0.2) is 4.79 Å². The summed E-state index contributed by atoms with van der Waals surface area (Å²) in [5.41, 5.74) is -1.44. The molecule has 4 aliphatic carbocycles. The van der Waals surface area contributed by atoms with Crippen LogP contribution in [0.2, 0.25) is 0 Å². The molecule has 0 spiro atoms. The van der Waals surface area contributed by atoms with Crippen LogP contribution in [0.5, 0.6) is 0 Å². The van der Waals surface area contributed by atoms with Crippen molar-refractivity contribution in [3.63, 3.8) is 0 Å². The Morgan fingerprint density at radius 3 is 2.54 bits per heavy atom. The van der Waals surface area contributed by atoms with Gasteiger partial charge in [-0.2, -0.15) is 0 Å². The van der Waals surface area contributed by atoms with Crippen molar-refractivity contribution in [2.24, 2.45) is 28.6 Å². The molecule has 0 bridgehead atoms. The Bertz CT molecular complexity index is 771. The molecule has 154 valence electrons. The maximum absolute atomic E-state index is 12.3. The van der Waals surface area contributed by atoms with Crippen LogP contribution in [0.4, 0.5) is 0 Å². The number of carbonyl (C=O) groups is 3. The number of aliphatic hydroxyl groups is 1. The average molecular weight is 390 g/mol. The van der Waals surface area contributed by atoms with Gasteiger partial charge >= 0.3 is 11.9 Å². The number of aliphatic carboxylic acids is 1. The largest absolute Gasteiger partial charge is 0.478 e. The Hall–Kier alpha value is -1.69. The van der Waals surface area contributed by atoms with E-state index in [-0.39, 0.29) is 35.4 Å². The van der Waals surface area contributed by atoms with E-state index in [0.29, 0.717) is 19.3 Å². The summed E-state index contributed by atoms with van der Waals surface area (Å²) in [6.45, 7) is 5.31. The third-order valence-corrected chi connectivity index (χ3v) is 8.68. The van der Waals surface area contributed by atoms with Crippen LogP contribution >= 0.6 is 0 Å². The Morgan fingerprint density at radius 1 is 1.18 bits per heavy atom. The van der Waals surface area contributed by atoms with Crippen molar-refractivity contribution in [2.45, 2.75) is 77.4 Å². The van der Waals surface area contributed by atoms with Crippen molar-refractivity contribution < 1.29 is 29.3 Å². The predicted molar refractivity (Wildman–Crippen MR) is 100 cm³/mol. The molecule has 0 saturated heterocycles. The highest BCUT2D eigenvalue weighted by molar-refractivity contribution is 5.91. The number of ketones is 1. The van der Waals surface area contributed by atoms with Crippen molar-refractivity contribution in [3.05, 3.63) is 11.6 Å². The number of esters is 1. The van der Waals surface area contributed by atoms with Crippen LogP contribution in [0.3, 0.4) is 0 Å². The number of ether oxygens (including phenoxy) is 1. The van der Waals surface area contributed by atoms with Crippen molar-refractivity contribution in [2.75, 3.05) is 0 Å². The fourth-order valence-corrected chi connectivity index (χ4v) is 7.48. The molecule has 0 aromatic heterocycles. The molecule has 4 aliphatic rings. The van der Waals surface area contributed by atoms with E-state index in [4.69, 9.17) is 4.74 Å². The van der Waals surface area contributed by atoms with Gasteiger partial charge in [0.15, 0.2) is 5.78 Å². The summed E-state index contributed by atoms with van der Waals surface area (Å²) >= 11 is 0. The fourth-order valence-electron chi connectivity index (χ4n) is 7.48. The van der Waals surface area contributed by atoms with Crippen LogP contribution < -0.4 is 0 Å². The van der Waals surface area contributed by atoms with E-state index in [1.165, 1.54) is 6.92 Å². The standard InChI is InChI=1S/C22H30O6/c1-12(23)28-22(19(26)27)9-7-16-15-5-4-13-10-14(24)6-8-20(13,2)18(15)17(25)11-21(16,22)3/h10,15-18,25H,4-9,11H2,1-3H3,(H,26,27)/t15-,16-,17?,18-,20-,21-,22?/m0/s1. The normalized spacial score (nSPS) is 47.4. The maximum Gasteiger partial charge on any atom is 0.348 e. The number of hydrogen-bond acceptors (Lipinski definition) is 5. The van der Waals surface area contributed by atoms with Crippen LogP contribution in [-0.4, -0.2) is 39.6 Å². The maximum atomic E-state index is 12.3. The molecule has 0 amide bonds. The zero-order valence-electron chi connectivity index (χ0n) is 16.9. The number of rotatable bonds is 2. The zero-order chi connectivity index (χ0) is 20.5. The van der Waals surface area contributed by atoms with Gasteiger partial charge in [-0.1, -0.05) is 19.4 Å². The first kappa shape index (κ1) is 19.6. The molecule has 0 aromatic carbocycles. The smallest absolute Gasteiger partial charge is 0.348 e. The number of carboxylic acids is 1. The van der Waals surface area contributed by atoms with Crippen LogP contribution in [0.15, 0.2) is 11.6 Å². The second-order valence-corrected chi connectivity index (χ2v) is 9.84. The minimum absolute atomic E-state index is 0.0144. The summed E-state index contributed by atoms with van der Waals surface area (Å²) in [7, 11) is 0. The number of hydrogen-bond donors (Lipinski definition) is 2. The van der Waals surface area contributed by atoms with Crippen molar-refractivity contribution in [1.29, 1.82) is 0 Å². The van der Waals surface area contributed by atoms with E-state index in [1.54, 1.807) is 6.08 Å². The van der Waals surface area contributed by atoms with Gasteiger partial charge in [0.05, 0.1) is 6.10 Å². The highest BCUT2D eigenvalue weighted by Gasteiger charge is 2.71. The van der Waals surface area contributed by atoms with Crippen molar-refractivity contribution in [3.8, 4) is 0 Å². The molecule has 2 unspecified atom stereocenters. The summed E-state index contributed by atoms with van der Waals surface area (Å²) in [5, 5.41) is 21.4. The highest BCUT2D eigenvalue weighted by Crippen LogP contribution is 2.68. The van der Waals surface area contributed by atoms with Crippen LogP contribution in [0.25, 0.3) is 0 Å². The topological polar surface area (TPSA) is 101 Å². The predicted octanol–water partition coefficient (Wildman–Crippen LogP) is 2.88. The van der Waals surface area contributed by atoms with Gasteiger partial charge in [-0.3, -0.25) is 9.59 Å². The van der Waals surface area contributed by atoms with E-state index in [1.807, 2.05) is 6.92 Å². The molecule has 0 radical (unpaired) electrons. The molecule has 0 aromatic rings. The second kappa shape index (κ2) is 6.15. The van der Waals surface area contributed by atoms with Gasteiger partial charge in [-0.05, 0) is 67.8 Å². The number of allylic oxidation sites excluding steroid dienone is 1. The van der Waals surface area contributed by atoms with Gasteiger partial charge in [0.1, 0.15) is 0 Å². The second-order valence-electron chi connectivity index (χ2n) is 9.84. The van der Waals surface area contributed by atoms with Crippen LogP contribution in [-0.2, 0) is 19.1 Å². The van der Waals surface area contributed by atoms with E-state index < -0.39 is 29.1 Å². The Kier molecular flexibility index (Phi) is 4.31. The SMILES string of the molecule is CC(=O)OC1(C(=O)O)CC[C@H]2[C@@H]3CCC4=CC(=O)CC[C@]4(C)[C@@H]3C(O)C[C@@]21C. The molecular weight excluding hydrogens is 360 g/mol. The van der Waals surface area contributed by atoms with Gasteiger partial charge in [-0.15, -0.1) is 0 Å². The molecule has 6 heteroatoms. The van der Waals surface area contributed by atoms with Crippen molar-refractivity contribution in [1.82, 2.24) is 0 Å². The summed E-state index contributed by atoms with van der Waals surface area (Å²) in [4.78, 5) is 36.0. The lowest BCUT2D eigenvalue weighted by Crippen LogP contribution is -2.62. The molecule has 28 heavy (non-hydrogen) atoms. The Morgan fingerprint density at radius 2 is 1.89 bits per heavy atom. The van der Waals surface area contributed by atoms with E-state index in [2.05, 4.69) is 6.92 Å². The lowest BCUT2D eigenvalue weighted by Gasteiger charge is -2.60. The van der Waals surface area contributed by atoms with E-state index >= 15 is 0 Å². The summed E-state index contributed by atoms with van der Waals surface area (Å²) in [5.74, 6) is -1.27. The molecule has 3 fully saturated rings. The van der Waals surface area contributed by atoms with Crippen molar-refractivity contribution >= 4 is 17.7 Å². The monoisotopic (exact) mass is 390 g/mol. The number of fused-ring (bicyclic) bond motifs is 5. The summed E-state index contributed by atoms with van der Waals surface area (Å²) in [6, 6.07) is 0. The third kappa shape index (κ3) is 2.39. The molecule has 7 atom stereocenters. The first-order valence-corrected chi connectivity index (χ1v) is 10.4. The first-order valence-electron chi connectivity index (χ1n) is 10.4. The molecule has 0 aliphatic heterocycles. The average Bonchev–Trinajstić information content (AvgIpc) is 2.88. The zero-order valence-corrected chi connectivity index (χ0v) is 16.9. The summed E-state index contributed by atoms with van der Waals surface area (Å²) < 4.78 is 5.50. The number of aliphatic hydroxyl groups excluding tert-OH is 1. The lowest BCUT2D eigenvalue weighted by molar-refractivity contribution is -0.210. The molecular formula is C22H30O6. The minimum Gasteiger partial charge on any atom is -0.478 e. The Labute approximate surface area is 165 Å². The van der Waals surface area contributed by atoms with Gasteiger partial charge in [0.2, 0.25) is 5.60 Å². The van der Waals surface area contributed by atoms with Gasteiger partial charge in [0.25, 0.3) is 0 Å². The minimum atomic E-state index is -1.57. The molecule has 4 rings (SSSR count). The van der Waals surface area contributed by atoms with E-state index in [9.17, 15) is 24.6 Å². The molecule has 2 N–H and O–H groups in total. The van der Waals surface area contributed by atoms with Crippen LogP contribution in [0.1, 0.15) is 65.7 Å². The number of carboxylic acid groups (broad SMARTS) is 1. The molecule has 6 nitrogen and oxygen atoms in total. The number of carbonyl (C=O) groups excluding carboxylic acids is 2. The highest BCUT2D eigenvalue weighted by atomic mass is 16.6. The molecule has 0 heterocycles. The Balaban J connectivity index is 1.75. The lowest BCUT2D eigenvalue weighted by atomic mass is 9.45. The molecule has 3 saturated carbocycles.